The van der Waals surface area contributed by atoms with E-state index in [1.54, 1.807) is 6.92 Å². The summed E-state index contributed by atoms with van der Waals surface area (Å²) in [5.41, 5.74) is 0.418. The lowest BCUT2D eigenvalue weighted by Crippen LogP contribution is -2.40. The number of anilines is 1. The van der Waals surface area contributed by atoms with Crippen LogP contribution in [0.2, 0.25) is 5.15 Å². The molecule has 0 aliphatic rings. The minimum absolute atomic E-state index is 0.0697. The van der Waals surface area contributed by atoms with E-state index in [9.17, 15) is 4.79 Å². The second-order valence-corrected chi connectivity index (χ2v) is 5.93. The lowest BCUT2D eigenvalue weighted by Gasteiger charge is -2.36. The molecule has 1 unspecified atom stereocenters. The summed E-state index contributed by atoms with van der Waals surface area (Å²) in [4.78, 5) is 21.5. The summed E-state index contributed by atoms with van der Waals surface area (Å²) in [6, 6.07) is 0.210. The number of carbonyl (C=O) groups excluding carboxylic acids is 1. The normalized spacial score (nSPS) is 13.3. The first kappa shape index (κ1) is 14.9. The second kappa shape index (κ2) is 5.22. The predicted octanol–water partition coefficient (Wildman–Crippen LogP) is 3.12. The number of rotatable bonds is 3. The van der Waals surface area contributed by atoms with Crippen LogP contribution in [0, 0.1) is 12.3 Å². The van der Waals surface area contributed by atoms with Gasteiger partial charge in [0, 0.05) is 13.1 Å². The Morgan fingerprint density at radius 1 is 1.33 bits per heavy atom. The van der Waals surface area contributed by atoms with E-state index in [1.165, 1.54) is 0 Å². The Labute approximate surface area is 113 Å². The molecule has 18 heavy (non-hydrogen) atoms. The maximum Gasteiger partial charge on any atom is 0.156 e. The van der Waals surface area contributed by atoms with Gasteiger partial charge in [-0.2, -0.15) is 0 Å². The molecule has 0 aromatic carbocycles. The summed E-state index contributed by atoms with van der Waals surface area (Å²) in [5.74, 6) is 1.15. The second-order valence-electron chi connectivity index (χ2n) is 5.57. The highest BCUT2D eigenvalue weighted by atomic mass is 35.5. The quantitative estimate of drug-likeness (QED) is 0.625. The Morgan fingerprint density at radius 2 is 1.89 bits per heavy atom. The van der Waals surface area contributed by atoms with E-state index in [2.05, 4.69) is 37.7 Å². The van der Waals surface area contributed by atoms with Gasteiger partial charge in [-0.15, -0.1) is 0 Å². The SMILES string of the molecule is Cc1nc(Cl)c(C=O)c(N(C)C(C)C(C)(C)C)n1. The van der Waals surface area contributed by atoms with Crippen LogP contribution in [-0.2, 0) is 0 Å². The van der Waals surface area contributed by atoms with E-state index < -0.39 is 0 Å². The molecule has 1 aromatic rings. The molecule has 0 aliphatic heterocycles. The molecule has 0 amide bonds. The smallest absolute Gasteiger partial charge is 0.156 e. The third-order valence-electron chi connectivity index (χ3n) is 3.28. The van der Waals surface area contributed by atoms with Crippen LogP contribution in [0.4, 0.5) is 5.82 Å². The molecule has 1 rings (SSSR count). The average molecular weight is 270 g/mol. The van der Waals surface area contributed by atoms with Crippen LogP contribution >= 0.6 is 11.6 Å². The van der Waals surface area contributed by atoms with E-state index in [4.69, 9.17) is 11.6 Å². The van der Waals surface area contributed by atoms with Crippen LogP contribution in [0.1, 0.15) is 43.9 Å². The van der Waals surface area contributed by atoms with E-state index in [0.29, 0.717) is 23.5 Å². The first-order chi connectivity index (χ1) is 8.18. The molecule has 0 aliphatic carbocycles. The Bertz CT molecular complexity index is 454. The number of halogens is 1. The summed E-state index contributed by atoms with van der Waals surface area (Å²) in [7, 11) is 1.92. The summed E-state index contributed by atoms with van der Waals surface area (Å²) >= 11 is 5.99. The van der Waals surface area contributed by atoms with Gasteiger partial charge >= 0.3 is 0 Å². The van der Waals surface area contributed by atoms with Crippen LogP contribution in [0.25, 0.3) is 0 Å². The monoisotopic (exact) mass is 269 g/mol. The number of hydrogen-bond acceptors (Lipinski definition) is 4. The van der Waals surface area contributed by atoms with E-state index in [0.717, 1.165) is 0 Å². The van der Waals surface area contributed by atoms with Crippen molar-refractivity contribution in [1.29, 1.82) is 0 Å². The number of aryl methyl sites for hydroxylation is 1. The molecule has 0 fully saturated rings. The van der Waals surface area contributed by atoms with Crippen molar-refractivity contribution in [2.24, 2.45) is 5.41 Å². The molecule has 100 valence electrons. The summed E-state index contributed by atoms with van der Waals surface area (Å²) in [6.45, 7) is 10.3. The van der Waals surface area contributed by atoms with E-state index in [1.807, 2.05) is 11.9 Å². The van der Waals surface area contributed by atoms with Gasteiger partial charge in [0.2, 0.25) is 0 Å². The fraction of sp³-hybridized carbons (Fsp3) is 0.615. The predicted molar refractivity (Wildman–Crippen MR) is 74.5 cm³/mol. The molecular weight excluding hydrogens is 250 g/mol. The van der Waals surface area contributed by atoms with Crippen LogP contribution in [0.3, 0.4) is 0 Å². The maximum atomic E-state index is 11.1. The zero-order valence-electron chi connectivity index (χ0n) is 11.8. The number of aromatic nitrogens is 2. The van der Waals surface area contributed by atoms with Crippen LogP contribution in [-0.4, -0.2) is 29.3 Å². The molecule has 0 saturated heterocycles. The lowest BCUT2D eigenvalue weighted by atomic mass is 9.87. The highest BCUT2D eigenvalue weighted by Crippen LogP contribution is 2.29. The van der Waals surface area contributed by atoms with Gasteiger partial charge in [0.05, 0.1) is 5.56 Å². The molecule has 0 spiro atoms. The average Bonchev–Trinajstić information content (AvgIpc) is 2.24. The third-order valence-corrected chi connectivity index (χ3v) is 3.57. The Hall–Kier alpha value is -1.16. The van der Waals surface area contributed by atoms with Crippen LogP contribution in [0.15, 0.2) is 0 Å². The van der Waals surface area contributed by atoms with Gasteiger partial charge in [0.15, 0.2) is 6.29 Å². The number of carbonyl (C=O) groups is 1. The van der Waals surface area contributed by atoms with E-state index in [-0.39, 0.29) is 16.6 Å². The first-order valence-electron chi connectivity index (χ1n) is 5.90. The maximum absolute atomic E-state index is 11.1. The van der Waals surface area contributed by atoms with Crippen molar-refractivity contribution in [2.75, 3.05) is 11.9 Å². The van der Waals surface area contributed by atoms with Gasteiger partial charge in [0.25, 0.3) is 0 Å². The van der Waals surface area contributed by atoms with Gasteiger partial charge in [-0.05, 0) is 19.3 Å². The minimum atomic E-state index is 0.0697. The van der Waals surface area contributed by atoms with Crippen molar-refractivity contribution in [2.45, 2.75) is 40.7 Å². The lowest BCUT2D eigenvalue weighted by molar-refractivity contribution is 0.112. The standard InChI is InChI=1S/C13H20ClN3O/c1-8(13(3,4)5)17(6)12-10(7-18)11(14)15-9(2)16-12/h7-8H,1-6H3. The summed E-state index contributed by atoms with van der Waals surface area (Å²) < 4.78 is 0. The van der Waals surface area contributed by atoms with Crippen molar-refractivity contribution >= 4 is 23.7 Å². The Morgan fingerprint density at radius 3 is 2.33 bits per heavy atom. The minimum Gasteiger partial charge on any atom is -0.356 e. The van der Waals surface area contributed by atoms with Crippen LogP contribution in [0.5, 0.6) is 0 Å². The molecule has 1 atom stereocenters. The Kier molecular flexibility index (Phi) is 4.32. The molecule has 0 N–H and O–H groups in total. The molecule has 1 heterocycles. The molecule has 0 radical (unpaired) electrons. The fourth-order valence-corrected chi connectivity index (χ4v) is 1.92. The van der Waals surface area contributed by atoms with Gasteiger partial charge in [0.1, 0.15) is 16.8 Å². The van der Waals surface area contributed by atoms with Crippen molar-refractivity contribution in [3.8, 4) is 0 Å². The number of hydrogen-bond donors (Lipinski definition) is 0. The zero-order valence-corrected chi connectivity index (χ0v) is 12.5. The summed E-state index contributed by atoms with van der Waals surface area (Å²) in [6.07, 6.45) is 0.711. The first-order valence-corrected chi connectivity index (χ1v) is 6.28. The van der Waals surface area contributed by atoms with Gasteiger partial charge < -0.3 is 4.90 Å². The van der Waals surface area contributed by atoms with E-state index >= 15 is 0 Å². The van der Waals surface area contributed by atoms with Crippen molar-refractivity contribution in [1.82, 2.24) is 9.97 Å². The number of nitrogens with zero attached hydrogens (tertiary/aromatic N) is 3. The molecule has 0 saturated carbocycles. The summed E-state index contributed by atoms with van der Waals surface area (Å²) in [5, 5.41) is 0.209. The highest BCUT2D eigenvalue weighted by molar-refractivity contribution is 6.32. The molecule has 0 bridgehead atoms. The number of aldehydes is 1. The molecule has 4 nitrogen and oxygen atoms in total. The topological polar surface area (TPSA) is 46.1 Å². The zero-order chi connectivity index (χ0) is 14.1. The fourth-order valence-electron chi connectivity index (χ4n) is 1.67. The van der Waals surface area contributed by atoms with Crippen LogP contribution < -0.4 is 4.90 Å². The van der Waals surface area contributed by atoms with Gasteiger partial charge in [-0.25, -0.2) is 9.97 Å². The highest BCUT2D eigenvalue weighted by Gasteiger charge is 2.27. The van der Waals surface area contributed by atoms with Gasteiger partial charge in [-0.1, -0.05) is 32.4 Å². The largest absolute Gasteiger partial charge is 0.356 e. The van der Waals surface area contributed by atoms with Crippen molar-refractivity contribution < 1.29 is 4.79 Å². The molecule has 1 aromatic heterocycles. The van der Waals surface area contributed by atoms with Crippen molar-refractivity contribution in [3.05, 3.63) is 16.5 Å². The Balaban J connectivity index is 3.28. The third kappa shape index (κ3) is 2.99. The van der Waals surface area contributed by atoms with Crippen molar-refractivity contribution in [3.63, 3.8) is 0 Å². The molecular formula is C13H20ClN3O. The molecule has 5 heteroatoms. The van der Waals surface area contributed by atoms with Gasteiger partial charge in [-0.3, -0.25) is 4.79 Å².